The minimum atomic E-state index is 0.0547. The van der Waals surface area contributed by atoms with Gasteiger partial charge in [-0.1, -0.05) is 19.9 Å². The first kappa shape index (κ1) is 14.9. The minimum Gasteiger partial charge on any atom is -0.382 e. The van der Waals surface area contributed by atoms with Crippen molar-refractivity contribution in [2.45, 2.75) is 20.4 Å². The summed E-state index contributed by atoms with van der Waals surface area (Å²) in [4.78, 5) is 9.15. The zero-order valence-corrected chi connectivity index (χ0v) is 12.5. The highest BCUT2D eigenvalue weighted by Crippen LogP contribution is 2.12. The predicted octanol–water partition coefficient (Wildman–Crippen LogP) is 1.14. The van der Waals surface area contributed by atoms with Crippen molar-refractivity contribution in [3.63, 3.8) is 0 Å². The fourth-order valence-corrected chi connectivity index (χ4v) is 2.70. The van der Waals surface area contributed by atoms with E-state index in [1.54, 1.807) is 6.20 Å². The molecular formula is C15H25N5. The number of nitrogens with one attached hydrogen (secondary N) is 1. The first-order chi connectivity index (χ1) is 9.56. The largest absolute Gasteiger partial charge is 0.382 e. The van der Waals surface area contributed by atoms with E-state index < -0.39 is 0 Å². The van der Waals surface area contributed by atoms with Crippen molar-refractivity contribution in [3.8, 4) is 0 Å². The predicted molar refractivity (Wildman–Crippen MR) is 81.8 cm³/mol. The number of nitrogens with zero attached hydrogens (tertiary/aromatic N) is 3. The van der Waals surface area contributed by atoms with Gasteiger partial charge in [-0.3, -0.25) is 15.3 Å². The number of rotatable bonds is 5. The summed E-state index contributed by atoms with van der Waals surface area (Å²) in [6, 6.07) is 3.93. The molecule has 1 aromatic rings. The zero-order chi connectivity index (χ0) is 14.5. The lowest BCUT2D eigenvalue weighted by Crippen LogP contribution is -2.47. The topological polar surface area (TPSA) is 69.2 Å². The van der Waals surface area contributed by atoms with Gasteiger partial charge in [0.1, 0.15) is 11.5 Å². The molecule has 0 spiro atoms. The molecule has 0 bridgehead atoms. The summed E-state index contributed by atoms with van der Waals surface area (Å²) in [5.74, 6) is 0.781. The van der Waals surface area contributed by atoms with Gasteiger partial charge >= 0.3 is 0 Å². The zero-order valence-electron chi connectivity index (χ0n) is 12.5. The first-order valence-corrected chi connectivity index (χ1v) is 7.29. The number of nitrogens with two attached hydrogens (primary N) is 1. The Kier molecular flexibility index (Phi) is 5.09. The molecule has 1 aromatic heterocycles. The molecule has 5 heteroatoms. The minimum absolute atomic E-state index is 0.0547. The Balaban J connectivity index is 1.91. The van der Waals surface area contributed by atoms with E-state index in [0.717, 1.165) is 44.2 Å². The Hall–Kier alpha value is -1.46. The van der Waals surface area contributed by atoms with Crippen molar-refractivity contribution in [3.05, 3.63) is 29.6 Å². The van der Waals surface area contributed by atoms with Crippen LogP contribution in [0.3, 0.4) is 0 Å². The van der Waals surface area contributed by atoms with E-state index in [2.05, 4.69) is 28.6 Å². The van der Waals surface area contributed by atoms with Crippen molar-refractivity contribution in [2.75, 3.05) is 32.7 Å². The number of aromatic nitrogens is 1. The van der Waals surface area contributed by atoms with Crippen molar-refractivity contribution in [1.82, 2.24) is 14.8 Å². The fourth-order valence-electron chi connectivity index (χ4n) is 2.70. The Morgan fingerprint density at radius 3 is 2.55 bits per heavy atom. The van der Waals surface area contributed by atoms with Gasteiger partial charge in [0.25, 0.3) is 0 Å². The van der Waals surface area contributed by atoms with E-state index in [4.69, 9.17) is 11.1 Å². The van der Waals surface area contributed by atoms with Gasteiger partial charge in [0, 0.05) is 45.5 Å². The molecule has 20 heavy (non-hydrogen) atoms. The monoisotopic (exact) mass is 275 g/mol. The number of amidine groups is 1. The summed E-state index contributed by atoms with van der Waals surface area (Å²) in [5.41, 5.74) is 7.27. The average molecular weight is 275 g/mol. The SMILES string of the molecule is CC(C)CN1CCN(Cc2cccnc2C(=N)N)CC1. The quantitative estimate of drug-likeness (QED) is 0.624. The lowest BCUT2D eigenvalue weighted by molar-refractivity contribution is 0.117. The number of hydrogen-bond donors (Lipinski definition) is 2. The van der Waals surface area contributed by atoms with E-state index in [0.29, 0.717) is 5.69 Å². The van der Waals surface area contributed by atoms with Crippen LogP contribution >= 0.6 is 0 Å². The summed E-state index contributed by atoms with van der Waals surface area (Å²) in [6.45, 7) is 10.9. The van der Waals surface area contributed by atoms with E-state index in [9.17, 15) is 0 Å². The molecule has 0 saturated carbocycles. The smallest absolute Gasteiger partial charge is 0.142 e. The molecule has 1 aliphatic heterocycles. The van der Waals surface area contributed by atoms with Crippen LogP contribution in [-0.2, 0) is 6.54 Å². The lowest BCUT2D eigenvalue weighted by Gasteiger charge is -2.35. The molecule has 0 radical (unpaired) electrons. The number of piperazine rings is 1. The lowest BCUT2D eigenvalue weighted by atomic mass is 10.1. The molecule has 0 aliphatic carbocycles. The van der Waals surface area contributed by atoms with Crippen molar-refractivity contribution < 1.29 is 0 Å². The molecule has 1 aliphatic rings. The van der Waals surface area contributed by atoms with Gasteiger partial charge in [-0.2, -0.15) is 0 Å². The van der Waals surface area contributed by atoms with E-state index >= 15 is 0 Å². The standard InChI is InChI=1S/C15H25N5/c1-12(2)10-19-6-8-20(9-7-19)11-13-4-3-5-18-14(13)15(16)17/h3-5,12H,6-11H2,1-2H3,(H3,16,17). The molecule has 110 valence electrons. The number of pyridine rings is 1. The summed E-state index contributed by atoms with van der Waals surface area (Å²) >= 11 is 0. The average Bonchev–Trinajstić information content (AvgIpc) is 2.41. The van der Waals surface area contributed by atoms with Crippen LogP contribution < -0.4 is 5.73 Å². The van der Waals surface area contributed by atoms with Crippen LogP contribution in [0.25, 0.3) is 0 Å². The van der Waals surface area contributed by atoms with E-state index in [1.807, 2.05) is 12.1 Å². The van der Waals surface area contributed by atoms with Gasteiger partial charge in [-0.05, 0) is 17.5 Å². The van der Waals surface area contributed by atoms with Gasteiger partial charge < -0.3 is 10.6 Å². The van der Waals surface area contributed by atoms with Crippen LogP contribution in [0.1, 0.15) is 25.1 Å². The Labute approximate surface area is 121 Å². The van der Waals surface area contributed by atoms with Gasteiger partial charge in [-0.25, -0.2) is 0 Å². The third-order valence-electron chi connectivity index (χ3n) is 3.63. The Bertz CT molecular complexity index is 449. The van der Waals surface area contributed by atoms with Crippen LogP contribution in [0.5, 0.6) is 0 Å². The molecule has 0 unspecified atom stereocenters. The highest BCUT2D eigenvalue weighted by molar-refractivity contribution is 5.94. The van der Waals surface area contributed by atoms with Crippen LogP contribution in [0.15, 0.2) is 18.3 Å². The van der Waals surface area contributed by atoms with Crippen molar-refractivity contribution in [1.29, 1.82) is 5.41 Å². The second-order valence-electron chi connectivity index (χ2n) is 5.90. The molecule has 1 saturated heterocycles. The summed E-state index contributed by atoms with van der Waals surface area (Å²) in [6.07, 6.45) is 1.70. The van der Waals surface area contributed by atoms with Gasteiger partial charge in [-0.15, -0.1) is 0 Å². The normalized spacial score (nSPS) is 17.6. The molecule has 0 amide bonds. The van der Waals surface area contributed by atoms with Crippen LogP contribution in [-0.4, -0.2) is 53.3 Å². The van der Waals surface area contributed by atoms with Gasteiger partial charge in [0.15, 0.2) is 0 Å². The van der Waals surface area contributed by atoms with Crippen LogP contribution in [0.2, 0.25) is 0 Å². The molecule has 0 atom stereocenters. The molecular weight excluding hydrogens is 250 g/mol. The molecule has 3 N–H and O–H groups in total. The van der Waals surface area contributed by atoms with Gasteiger partial charge in [0.2, 0.25) is 0 Å². The third kappa shape index (κ3) is 4.02. The van der Waals surface area contributed by atoms with Crippen LogP contribution in [0, 0.1) is 11.3 Å². The summed E-state index contributed by atoms with van der Waals surface area (Å²) in [7, 11) is 0. The van der Waals surface area contributed by atoms with E-state index in [1.165, 1.54) is 6.54 Å². The van der Waals surface area contributed by atoms with Gasteiger partial charge in [0.05, 0.1) is 0 Å². The number of nitrogen functional groups attached to an aromatic ring is 1. The summed E-state index contributed by atoms with van der Waals surface area (Å²) in [5, 5.41) is 7.59. The summed E-state index contributed by atoms with van der Waals surface area (Å²) < 4.78 is 0. The second kappa shape index (κ2) is 6.81. The van der Waals surface area contributed by atoms with Crippen molar-refractivity contribution in [2.24, 2.45) is 11.7 Å². The van der Waals surface area contributed by atoms with Crippen molar-refractivity contribution >= 4 is 5.84 Å². The molecule has 1 fully saturated rings. The maximum Gasteiger partial charge on any atom is 0.142 e. The third-order valence-corrected chi connectivity index (χ3v) is 3.63. The highest BCUT2D eigenvalue weighted by atomic mass is 15.3. The molecule has 2 heterocycles. The first-order valence-electron chi connectivity index (χ1n) is 7.29. The molecule has 2 rings (SSSR count). The molecule has 5 nitrogen and oxygen atoms in total. The molecule has 0 aromatic carbocycles. The maximum atomic E-state index is 7.59. The fraction of sp³-hybridized carbons (Fsp3) is 0.600. The number of hydrogen-bond acceptors (Lipinski definition) is 4. The Morgan fingerprint density at radius 1 is 1.30 bits per heavy atom. The van der Waals surface area contributed by atoms with Crippen LogP contribution in [0.4, 0.5) is 0 Å². The Morgan fingerprint density at radius 2 is 1.95 bits per heavy atom. The maximum absolute atomic E-state index is 7.59. The second-order valence-corrected chi connectivity index (χ2v) is 5.90. The van der Waals surface area contributed by atoms with E-state index in [-0.39, 0.29) is 5.84 Å². The highest BCUT2D eigenvalue weighted by Gasteiger charge is 2.18.